The van der Waals surface area contributed by atoms with Gasteiger partial charge in [0, 0.05) is 12.2 Å². The van der Waals surface area contributed by atoms with Crippen molar-refractivity contribution in [3.05, 3.63) is 63.5 Å². The SMILES string of the molecule is O=[N+]([O-])C1=C(N2CCc3ccccc32)C=CC(C(F)(F)F)C1. The predicted octanol–water partition coefficient (Wildman–Crippen LogP) is 3.68. The number of nitro groups is 1. The molecule has 7 heteroatoms. The summed E-state index contributed by atoms with van der Waals surface area (Å²) in [6, 6.07) is 7.44. The molecular formula is C15H13F3N2O2. The second-order valence-corrected chi connectivity index (χ2v) is 5.33. The van der Waals surface area contributed by atoms with Crippen LogP contribution in [-0.2, 0) is 6.42 Å². The highest BCUT2D eigenvalue weighted by Crippen LogP contribution is 2.40. The van der Waals surface area contributed by atoms with E-state index in [-0.39, 0.29) is 11.4 Å². The molecule has 0 saturated heterocycles. The fraction of sp³-hybridized carbons (Fsp3) is 0.333. The predicted molar refractivity (Wildman–Crippen MR) is 74.8 cm³/mol. The van der Waals surface area contributed by atoms with Gasteiger partial charge < -0.3 is 4.90 Å². The molecule has 0 spiro atoms. The van der Waals surface area contributed by atoms with Crippen LogP contribution in [0.3, 0.4) is 0 Å². The van der Waals surface area contributed by atoms with E-state index >= 15 is 0 Å². The number of alkyl halides is 3. The maximum Gasteiger partial charge on any atom is 0.395 e. The van der Waals surface area contributed by atoms with Crippen molar-refractivity contribution in [2.24, 2.45) is 5.92 Å². The van der Waals surface area contributed by atoms with Crippen LogP contribution in [0.5, 0.6) is 0 Å². The largest absolute Gasteiger partial charge is 0.395 e. The quantitative estimate of drug-likeness (QED) is 0.618. The second-order valence-electron chi connectivity index (χ2n) is 5.33. The number of rotatable bonds is 2. The molecule has 1 atom stereocenters. The molecule has 0 N–H and O–H groups in total. The van der Waals surface area contributed by atoms with Gasteiger partial charge in [-0.1, -0.05) is 24.3 Å². The average Bonchev–Trinajstić information content (AvgIpc) is 2.89. The van der Waals surface area contributed by atoms with Crippen LogP contribution in [0.4, 0.5) is 18.9 Å². The van der Waals surface area contributed by atoms with E-state index in [1.165, 1.54) is 6.08 Å². The number of fused-ring (bicyclic) bond motifs is 1. The first-order valence-corrected chi connectivity index (χ1v) is 6.86. The number of allylic oxidation sites excluding steroid dienone is 3. The summed E-state index contributed by atoms with van der Waals surface area (Å²) in [6.45, 7) is 0.535. The van der Waals surface area contributed by atoms with E-state index in [4.69, 9.17) is 0 Å². The highest BCUT2D eigenvalue weighted by atomic mass is 19.4. The highest BCUT2D eigenvalue weighted by Gasteiger charge is 2.43. The van der Waals surface area contributed by atoms with Gasteiger partial charge >= 0.3 is 6.18 Å². The Bertz CT molecular complexity index is 680. The Morgan fingerprint density at radius 3 is 2.68 bits per heavy atom. The van der Waals surface area contributed by atoms with Crippen molar-refractivity contribution in [3.63, 3.8) is 0 Å². The third-order valence-electron chi connectivity index (χ3n) is 4.01. The van der Waals surface area contributed by atoms with Crippen molar-refractivity contribution in [3.8, 4) is 0 Å². The topological polar surface area (TPSA) is 46.4 Å². The van der Waals surface area contributed by atoms with Gasteiger partial charge in [-0.05, 0) is 24.1 Å². The molecule has 116 valence electrons. The molecule has 1 aliphatic carbocycles. The number of hydrogen-bond acceptors (Lipinski definition) is 3. The van der Waals surface area contributed by atoms with Crippen LogP contribution in [0, 0.1) is 16.0 Å². The molecule has 0 aromatic heterocycles. The Kier molecular flexibility index (Phi) is 3.42. The van der Waals surface area contributed by atoms with Crippen molar-refractivity contribution in [1.29, 1.82) is 0 Å². The van der Waals surface area contributed by atoms with Crippen molar-refractivity contribution in [1.82, 2.24) is 0 Å². The number of nitrogens with zero attached hydrogens (tertiary/aromatic N) is 2. The summed E-state index contributed by atoms with van der Waals surface area (Å²) in [6.07, 6.45) is -2.11. The number of halogens is 3. The molecule has 0 amide bonds. The molecule has 22 heavy (non-hydrogen) atoms. The van der Waals surface area contributed by atoms with Crippen molar-refractivity contribution in [2.75, 3.05) is 11.4 Å². The fourth-order valence-corrected chi connectivity index (χ4v) is 2.91. The Balaban J connectivity index is 1.99. The van der Waals surface area contributed by atoms with Gasteiger partial charge in [-0.2, -0.15) is 13.2 Å². The maximum absolute atomic E-state index is 12.8. The van der Waals surface area contributed by atoms with Crippen molar-refractivity contribution < 1.29 is 18.1 Å². The normalized spacial score (nSPS) is 21.2. The van der Waals surface area contributed by atoms with Crippen LogP contribution in [0.2, 0.25) is 0 Å². The van der Waals surface area contributed by atoms with E-state index in [9.17, 15) is 23.3 Å². The van der Waals surface area contributed by atoms with E-state index in [1.807, 2.05) is 24.3 Å². The maximum atomic E-state index is 12.8. The molecule has 0 radical (unpaired) electrons. The summed E-state index contributed by atoms with van der Waals surface area (Å²) >= 11 is 0. The summed E-state index contributed by atoms with van der Waals surface area (Å²) in [7, 11) is 0. The molecular weight excluding hydrogens is 297 g/mol. The minimum absolute atomic E-state index is 0.260. The van der Waals surface area contributed by atoms with E-state index < -0.39 is 23.4 Å². The lowest BCUT2D eigenvalue weighted by Gasteiger charge is -2.25. The minimum Gasteiger partial charge on any atom is -0.336 e. The summed E-state index contributed by atoms with van der Waals surface area (Å²) in [5, 5.41) is 11.2. The summed E-state index contributed by atoms with van der Waals surface area (Å²) in [4.78, 5) is 12.3. The molecule has 0 saturated carbocycles. The molecule has 1 unspecified atom stereocenters. The zero-order valence-electron chi connectivity index (χ0n) is 11.5. The van der Waals surface area contributed by atoms with E-state index in [1.54, 1.807) is 4.90 Å². The van der Waals surface area contributed by atoms with Gasteiger partial charge in [-0.25, -0.2) is 0 Å². The summed E-state index contributed by atoms with van der Waals surface area (Å²) in [5.74, 6) is -1.80. The van der Waals surface area contributed by atoms with Gasteiger partial charge in [-0.15, -0.1) is 0 Å². The Hall–Kier alpha value is -2.31. The smallest absolute Gasteiger partial charge is 0.336 e. The number of para-hydroxylation sites is 1. The van der Waals surface area contributed by atoms with E-state index in [0.717, 1.165) is 23.7 Å². The van der Waals surface area contributed by atoms with Gasteiger partial charge in [-0.3, -0.25) is 10.1 Å². The van der Waals surface area contributed by atoms with Gasteiger partial charge in [0.05, 0.1) is 17.3 Å². The van der Waals surface area contributed by atoms with Gasteiger partial charge in [0.1, 0.15) is 5.70 Å². The van der Waals surface area contributed by atoms with Crippen molar-refractivity contribution >= 4 is 5.69 Å². The number of benzene rings is 1. The fourth-order valence-electron chi connectivity index (χ4n) is 2.91. The molecule has 0 fully saturated rings. The molecule has 0 bridgehead atoms. The first-order chi connectivity index (χ1) is 10.4. The van der Waals surface area contributed by atoms with Crippen LogP contribution < -0.4 is 4.90 Å². The Labute approximate surface area is 124 Å². The molecule has 1 aromatic carbocycles. The first-order valence-electron chi connectivity index (χ1n) is 6.86. The summed E-state index contributed by atoms with van der Waals surface area (Å²) in [5.41, 5.74) is 1.76. The monoisotopic (exact) mass is 310 g/mol. The van der Waals surface area contributed by atoms with Gasteiger partial charge in [0.25, 0.3) is 5.70 Å². The molecule has 1 aliphatic heterocycles. The van der Waals surface area contributed by atoms with Crippen LogP contribution >= 0.6 is 0 Å². The summed E-state index contributed by atoms with van der Waals surface area (Å²) < 4.78 is 38.4. The lowest BCUT2D eigenvalue weighted by Crippen LogP contribution is -2.30. The molecule has 3 rings (SSSR count). The molecule has 4 nitrogen and oxygen atoms in total. The molecule has 1 aromatic rings. The van der Waals surface area contributed by atoms with E-state index in [2.05, 4.69) is 0 Å². The zero-order valence-corrected chi connectivity index (χ0v) is 11.5. The van der Waals surface area contributed by atoms with Gasteiger partial charge in [0.2, 0.25) is 0 Å². The third-order valence-corrected chi connectivity index (χ3v) is 4.01. The molecule has 1 heterocycles. The number of anilines is 1. The molecule has 2 aliphatic rings. The van der Waals surface area contributed by atoms with Crippen molar-refractivity contribution in [2.45, 2.75) is 19.0 Å². The highest BCUT2D eigenvalue weighted by molar-refractivity contribution is 5.64. The Morgan fingerprint density at radius 1 is 1.27 bits per heavy atom. The third kappa shape index (κ3) is 2.47. The van der Waals surface area contributed by atoms with Crippen LogP contribution in [-0.4, -0.2) is 17.6 Å². The van der Waals surface area contributed by atoms with E-state index in [0.29, 0.717) is 6.54 Å². The Morgan fingerprint density at radius 2 is 2.00 bits per heavy atom. The standard InChI is InChI=1S/C15H13F3N2O2/c16-15(17,18)11-5-6-13(14(9-11)20(21)22)19-8-7-10-3-1-2-4-12(10)19/h1-6,11H,7-9H2. The van der Waals surface area contributed by atoms with Crippen LogP contribution in [0.25, 0.3) is 0 Å². The lowest BCUT2D eigenvalue weighted by molar-refractivity contribution is -0.431. The average molecular weight is 310 g/mol. The van der Waals surface area contributed by atoms with Crippen LogP contribution in [0.1, 0.15) is 12.0 Å². The van der Waals surface area contributed by atoms with Gasteiger partial charge in [0.15, 0.2) is 0 Å². The van der Waals surface area contributed by atoms with Crippen LogP contribution in [0.15, 0.2) is 47.8 Å². The number of hydrogen-bond donors (Lipinski definition) is 0. The lowest BCUT2D eigenvalue weighted by atomic mass is 9.95. The second kappa shape index (κ2) is 5.15. The minimum atomic E-state index is -4.47. The zero-order chi connectivity index (χ0) is 15.9. The first kappa shape index (κ1) is 14.6.